The molecule has 0 aliphatic rings. The minimum absolute atomic E-state index is 0.446. The van der Waals surface area contributed by atoms with Crippen LogP contribution in [0.15, 0.2) is 60.7 Å². The number of nitrogens with zero attached hydrogens (tertiary/aromatic N) is 3. The van der Waals surface area contributed by atoms with Crippen molar-refractivity contribution in [2.24, 2.45) is 0 Å². The molecule has 0 spiro atoms. The van der Waals surface area contributed by atoms with Gasteiger partial charge < -0.3 is 10.1 Å². The van der Waals surface area contributed by atoms with Crippen molar-refractivity contribution < 1.29 is 4.74 Å². The maximum atomic E-state index is 6.09. The Balaban J connectivity index is 1.61. The van der Waals surface area contributed by atoms with Gasteiger partial charge in [-0.2, -0.15) is 5.21 Å². The highest BCUT2D eigenvalue weighted by molar-refractivity contribution is 6.30. The second kappa shape index (κ2) is 7.41. The Labute approximate surface area is 155 Å². The summed E-state index contributed by atoms with van der Waals surface area (Å²) in [6.07, 6.45) is 0. The minimum Gasteiger partial charge on any atom is -0.489 e. The van der Waals surface area contributed by atoms with Crippen LogP contribution in [0.2, 0.25) is 5.02 Å². The quantitative estimate of drug-likeness (QED) is 0.535. The fourth-order valence-corrected chi connectivity index (χ4v) is 2.91. The van der Waals surface area contributed by atoms with E-state index >= 15 is 0 Å². The Kier molecular flexibility index (Phi) is 4.66. The fourth-order valence-electron chi connectivity index (χ4n) is 2.78. The second-order valence-electron chi connectivity index (χ2n) is 5.77. The van der Waals surface area contributed by atoms with E-state index in [-0.39, 0.29) is 0 Å². The molecule has 0 saturated carbocycles. The van der Waals surface area contributed by atoms with E-state index in [1.54, 1.807) is 0 Å². The lowest BCUT2D eigenvalue weighted by atomic mass is 10.0. The third kappa shape index (κ3) is 3.60. The summed E-state index contributed by atoms with van der Waals surface area (Å²) >= 11 is 5.94. The summed E-state index contributed by atoms with van der Waals surface area (Å²) in [5.41, 5.74) is 2.10. The van der Waals surface area contributed by atoms with Crippen LogP contribution in [0.5, 0.6) is 5.75 Å². The molecule has 4 rings (SSSR count). The molecule has 4 aromatic rings. The number of aromatic amines is 1. The molecule has 7 heteroatoms. The molecule has 0 atom stereocenters. The zero-order chi connectivity index (χ0) is 17.8. The van der Waals surface area contributed by atoms with Gasteiger partial charge >= 0.3 is 0 Å². The van der Waals surface area contributed by atoms with E-state index in [1.807, 2.05) is 42.5 Å². The highest BCUT2D eigenvalue weighted by Gasteiger charge is 2.10. The number of hydrogen-bond donors (Lipinski definition) is 2. The van der Waals surface area contributed by atoms with Crippen molar-refractivity contribution in [3.05, 3.63) is 76.8 Å². The number of aromatic nitrogens is 4. The van der Waals surface area contributed by atoms with Gasteiger partial charge in [0.15, 0.2) is 0 Å². The molecule has 6 nitrogen and oxygen atoms in total. The highest BCUT2D eigenvalue weighted by atomic mass is 35.5. The Bertz CT molecular complexity index is 1000. The van der Waals surface area contributed by atoms with Gasteiger partial charge in [0.25, 0.3) is 5.95 Å². The highest BCUT2D eigenvalue weighted by Crippen LogP contribution is 2.29. The summed E-state index contributed by atoms with van der Waals surface area (Å²) in [5.74, 6) is 1.26. The Morgan fingerprint density at radius 3 is 2.65 bits per heavy atom. The van der Waals surface area contributed by atoms with Crippen LogP contribution in [0.1, 0.15) is 11.1 Å². The van der Waals surface area contributed by atoms with Gasteiger partial charge in [-0.1, -0.05) is 59.2 Å². The van der Waals surface area contributed by atoms with E-state index in [0.717, 1.165) is 27.6 Å². The molecule has 2 N–H and O–H groups in total. The number of ether oxygens (including phenoxy) is 1. The van der Waals surface area contributed by atoms with Crippen molar-refractivity contribution in [2.75, 3.05) is 5.32 Å². The first kappa shape index (κ1) is 16.4. The van der Waals surface area contributed by atoms with Gasteiger partial charge in [-0.25, -0.2) is 0 Å². The van der Waals surface area contributed by atoms with Crippen molar-refractivity contribution in [1.29, 1.82) is 0 Å². The number of benzene rings is 3. The molecule has 130 valence electrons. The third-order valence-electron chi connectivity index (χ3n) is 4.07. The molecular weight excluding hydrogens is 350 g/mol. The maximum absolute atomic E-state index is 6.09. The molecule has 0 bridgehead atoms. The summed E-state index contributed by atoms with van der Waals surface area (Å²) in [6, 6.07) is 19.9. The summed E-state index contributed by atoms with van der Waals surface area (Å²) in [4.78, 5) is 0. The van der Waals surface area contributed by atoms with Crippen molar-refractivity contribution in [1.82, 2.24) is 20.6 Å². The first-order chi connectivity index (χ1) is 12.8. The van der Waals surface area contributed by atoms with Gasteiger partial charge in [-0.3, -0.25) is 0 Å². The summed E-state index contributed by atoms with van der Waals surface area (Å²) < 4.78 is 6.09. The van der Waals surface area contributed by atoms with Crippen LogP contribution in [-0.2, 0) is 13.2 Å². The van der Waals surface area contributed by atoms with Crippen molar-refractivity contribution in [2.45, 2.75) is 13.2 Å². The molecule has 26 heavy (non-hydrogen) atoms. The van der Waals surface area contributed by atoms with E-state index in [0.29, 0.717) is 24.1 Å². The molecule has 0 aliphatic carbocycles. The van der Waals surface area contributed by atoms with Gasteiger partial charge in [-0.15, -0.1) is 5.10 Å². The van der Waals surface area contributed by atoms with E-state index < -0.39 is 0 Å². The van der Waals surface area contributed by atoms with E-state index in [1.165, 1.54) is 0 Å². The average molecular weight is 366 g/mol. The standard InChI is InChI=1S/C19H16ClN5O/c20-15-8-5-13(6-9-15)12-26-18-10-7-14-3-1-2-4-16(14)17(18)11-21-19-22-24-25-23-19/h1-10H,11-12H2,(H2,21,22,23,24,25). The summed E-state index contributed by atoms with van der Waals surface area (Å²) in [5, 5.41) is 20.0. The van der Waals surface area contributed by atoms with E-state index in [9.17, 15) is 0 Å². The lowest BCUT2D eigenvalue weighted by Crippen LogP contribution is -2.05. The lowest BCUT2D eigenvalue weighted by molar-refractivity contribution is 0.304. The maximum Gasteiger partial charge on any atom is 0.263 e. The monoisotopic (exact) mass is 365 g/mol. The number of H-pyrrole nitrogens is 1. The number of rotatable bonds is 6. The number of hydrogen-bond acceptors (Lipinski definition) is 5. The van der Waals surface area contributed by atoms with Crippen LogP contribution in [-0.4, -0.2) is 20.6 Å². The first-order valence-corrected chi connectivity index (χ1v) is 8.52. The van der Waals surface area contributed by atoms with Crippen LogP contribution in [0.4, 0.5) is 5.95 Å². The summed E-state index contributed by atoms with van der Waals surface area (Å²) in [7, 11) is 0. The van der Waals surface area contributed by atoms with E-state index in [4.69, 9.17) is 16.3 Å². The van der Waals surface area contributed by atoms with Gasteiger partial charge in [-0.05, 0) is 39.7 Å². The van der Waals surface area contributed by atoms with Crippen molar-refractivity contribution >= 4 is 28.3 Å². The van der Waals surface area contributed by atoms with Gasteiger partial charge in [0.05, 0.1) is 0 Å². The van der Waals surface area contributed by atoms with Crippen LogP contribution >= 0.6 is 11.6 Å². The molecule has 0 radical (unpaired) electrons. The Hall–Kier alpha value is -3.12. The molecule has 1 heterocycles. The average Bonchev–Trinajstić information content (AvgIpc) is 3.19. The second-order valence-corrected chi connectivity index (χ2v) is 6.20. The van der Waals surface area contributed by atoms with Crippen LogP contribution in [0.3, 0.4) is 0 Å². The van der Waals surface area contributed by atoms with Gasteiger partial charge in [0.2, 0.25) is 0 Å². The zero-order valence-electron chi connectivity index (χ0n) is 13.8. The predicted octanol–water partition coefficient (Wildman–Crippen LogP) is 4.20. The van der Waals surface area contributed by atoms with Gasteiger partial charge in [0, 0.05) is 17.1 Å². The number of nitrogens with one attached hydrogen (secondary N) is 2. The van der Waals surface area contributed by atoms with Crippen LogP contribution < -0.4 is 10.1 Å². The number of tetrazole rings is 1. The minimum atomic E-state index is 0.446. The van der Waals surface area contributed by atoms with Crippen molar-refractivity contribution in [3.8, 4) is 5.75 Å². The molecule has 0 saturated heterocycles. The fraction of sp³-hybridized carbons (Fsp3) is 0.105. The number of anilines is 1. The molecule has 0 amide bonds. The molecule has 1 aromatic heterocycles. The Morgan fingerprint density at radius 1 is 1.00 bits per heavy atom. The summed E-state index contributed by atoms with van der Waals surface area (Å²) in [6.45, 7) is 0.988. The van der Waals surface area contributed by atoms with Crippen LogP contribution in [0.25, 0.3) is 10.8 Å². The topological polar surface area (TPSA) is 75.7 Å². The predicted molar refractivity (Wildman–Crippen MR) is 101 cm³/mol. The number of halogens is 1. The smallest absolute Gasteiger partial charge is 0.263 e. The third-order valence-corrected chi connectivity index (χ3v) is 4.33. The Morgan fingerprint density at radius 2 is 1.85 bits per heavy atom. The molecule has 3 aromatic carbocycles. The van der Waals surface area contributed by atoms with Gasteiger partial charge in [0.1, 0.15) is 12.4 Å². The zero-order valence-corrected chi connectivity index (χ0v) is 14.6. The molecule has 0 fully saturated rings. The largest absolute Gasteiger partial charge is 0.489 e. The van der Waals surface area contributed by atoms with Crippen molar-refractivity contribution in [3.63, 3.8) is 0 Å². The SMILES string of the molecule is Clc1ccc(COc2ccc3ccccc3c2CNc2nn[nH]n2)cc1. The molecule has 0 unspecified atom stereocenters. The molecule has 0 aliphatic heterocycles. The van der Waals surface area contributed by atoms with Crippen LogP contribution in [0, 0.1) is 0 Å². The first-order valence-electron chi connectivity index (χ1n) is 8.15. The molecular formula is C19H16ClN5O. The van der Waals surface area contributed by atoms with E-state index in [2.05, 4.69) is 44.1 Å². The number of fused-ring (bicyclic) bond motifs is 1. The normalized spacial score (nSPS) is 10.8. The lowest BCUT2D eigenvalue weighted by Gasteiger charge is -2.15.